The number of piperazine rings is 1. The zero-order chi connectivity index (χ0) is 22.5. The maximum Gasteiger partial charge on any atom is 0.255 e. The Hall–Kier alpha value is -2.78. The summed E-state index contributed by atoms with van der Waals surface area (Å²) in [6, 6.07) is 4.60. The van der Waals surface area contributed by atoms with Gasteiger partial charge in [0.15, 0.2) is 0 Å². The van der Waals surface area contributed by atoms with Gasteiger partial charge in [-0.1, -0.05) is 12.5 Å². The molecule has 0 aromatic heterocycles. The number of amides is 4. The summed E-state index contributed by atoms with van der Waals surface area (Å²) in [6.45, 7) is 5.61. The third kappa shape index (κ3) is 5.16. The summed E-state index contributed by atoms with van der Waals surface area (Å²) in [6.07, 6.45) is 3.90. The van der Waals surface area contributed by atoms with E-state index in [0.717, 1.165) is 57.5 Å². The largest absolute Gasteiger partial charge is 0.326 e. The minimum atomic E-state index is -0.660. The van der Waals surface area contributed by atoms with Crippen LogP contribution in [0, 0.1) is 0 Å². The summed E-state index contributed by atoms with van der Waals surface area (Å²) < 4.78 is 0. The minimum absolute atomic E-state index is 0.0625. The standard InChI is InChI=1S/C23H31N5O4/c29-20(7-2-1-3-12-27-13-10-24-11-14-27)25-18-6-4-5-16-17(18)15-28(23(16)32)19-8-9-21(30)26-22(19)31/h4-6,19,24H,1-3,7-15H2,(H,25,29)(H,26,30,31). The number of carbonyl (C=O) groups is 4. The van der Waals surface area contributed by atoms with Crippen LogP contribution < -0.4 is 16.0 Å². The number of unbranched alkanes of at least 4 members (excludes halogenated alkanes) is 2. The molecule has 0 saturated carbocycles. The lowest BCUT2D eigenvalue weighted by molar-refractivity contribution is -0.137. The van der Waals surface area contributed by atoms with Gasteiger partial charge in [0.05, 0.1) is 0 Å². The number of piperidine rings is 1. The topological polar surface area (TPSA) is 111 Å². The third-order valence-corrected chi connectivity index (χ3v) is 6.44. The van der Waals surface area contributed by atoms with E-state index in [1.54, 1.807) is 18.2 Å². The van der Waals surface area contributed by atoms with Gasteiger partial charge < -0.3 is 20.4 Å². The molecule has 0 radical (unpaired) electrons. The summed E-state index contributed by atoms with van der Waals surface area (Å²) in [5, 5.41) is 8.61. The molecule has 1 unspecified atom stereocenters. The van der Waals surface area contributed by atoms with Crippen molar-refractivity contribution in [3.05, 3.63) is 29.3 Å². The second kappa shape index (κ2) is 10.2. The second-order valence-corrected chi connectivity index (χ2v) is 8.68. The van der Waals surface area contributed by atoms with E-state index >= 15 is 0 Å². The molecule has 0 bridgehead atoms. The van der Waals surface area contributed by atoms with E-state index in [1.807, 2.05) is 0 Å². The number of imide groups is 1. The summed E-state index contributed by atoms with van der Waals surface area (Å²) in [4.78, 5) is 53.0. The molecule has 0 aliphatic carbocycles. The normalized spacial score (nSPS) is 21.4. The van der Waals surface area contributed by atoms with Gasteiger partial charge in [-0.05, 0) is 37.9 Å². The molecule has 4 amide bonds. The number of fused-ring (bicyclic) bond motifs is 1. The van der Waals surface area contributed by atoms with E-state index in [0.29, 0.717) is 24.1 Å². The average Bonchev–Trinajstić information content (AvgIpc) is 3.12. The van der Waals surface area contributed by atoms with Crippen molar-refractivity contribution in [2.24, 2.45) is 0 Å². The van der Waals surface area contributed by atoms with Crippen molar-refractivity contribution in [2.75, 3.05) is 38.0 Å². The highest BCUT2D eigenvalue weighted by Gasteiger charge is 2.39. The molecule has 172 valence electrons. The average molecular weight is 442 g/mol. The van der Waals surface area contributed by atoms with Gasteiger partial charge in [-0.2, -0.15) is 0 Å². The maximum absolute atomic E-state index is 12.9. The predicted octanol–water partition coefficient (Wildman–Crippen LogP) is 0.852. The van der Waals surface area contributed by atoms with Crippen molar-refractivity contribution in [1.29, 1.82) is 0 Å². The Morgan fingerprint density at radius 3 is 2.69 bits per heavy atom. The van der Waals surface area contributed by atoms with E-state index in [2.05, 4.69) is 20.9 Å². The van der Waals surface area contributed by atoms with Gasteiger partial charge in [0.25, 0.3) is 5.91 Å². The fourth-order valence-electron chi connectivity index (χ4n) is 4.65. The Kier molecular flexibility index (Phi) is 7.16. The Morgan fingerprint density at radius 2 is 1.91 bits per heavy atom. The van der Waals surface area contributed by atoms with Crippen LogP contribution in [0.5, 0.6) is 0 Å². The Balaban J connectivity index is 1.28. The zero-order valence-electron chi connectivity index (χ0n) is 18.3. The molecule has 1 aromatic rings. The van der Waals surface area contributed by atoms with Crippen LogP contribution in [0.1, 0.15) is 54.4 Å². The van der Waals surface area contributed by atoms with Gasteiger partial charge in [-0.15, -0.1) is 0 Å². The third-order valence-electron chi connectivity index (χ3n) is 6.44. The van der Waals surface area contributed by atoms with Gasteiger partial charge in [-0.25, -0.2) is 0 Å². The molecule has 1 atom stereocenters. The van der Waals surface area contributed by atoms with Gasteiger partial charge >= 0.3 is 0 Å². The molecular formula is C23H31N5O4. The lowest BCUT2D eigenvalue weighted by Gasteiger charge is -2.29. The SMILES string of the molecule is O=C1CCC(N2Cc3c(NC(=O)CCCCCN4CCNCC4)cccc3C2=O)C(=O)N1. The fraction of sp³-hybridized carbons (Fsp3) is 0.565. The molecular weight excluding hydrogens is 410 g/mol. The van der Waals surface area contributed by atoms with Crippen LogP contribution in [0.25, 0.3) is 0 Å². The highest BCUT2D eigenvalue weighted by molar-refractivity contribution is 6.06. The quantitative estimate of drug-likeness (QED) is 0.408. The molecule has 9 nitrogen and oxygen atoms in total. The van der Waals surface area contributed by atoms with E-state index in [1.165, 1.54) is 4.90 Å². The first-order chi connectivity index (χ1) is 15.5. The highest BCUT2D eigenvalue weighted by Crippen LogP contribution is 2.32. The van der Waals surface area contributed by atoms with Crippen molar-refractivity contribution in [3.8, 4) is 0 Å². The lowest BCUT2D eigenvalue weighted by atomic mass is 10.0. The molecule has 9 heteroatoms. The van der Waals surface area contributed by atoms with Crippen molar-refractivity contribution in [3.63, 3.8) is 0 Å². The van der Waals surface area contributed by atoms with Crippen LogP contribution in [0.15, 0.2) is 18.2 Å². The summed E-state index contributed by atoms with van der Waals surface area (Å²) in [5.74, 6) is -1.05. The van der Waals surface area contributed by atoms with Crippen molar-refractivity contribution < 1.29 is 19.2 Å². The van der Waals surface area contributed by atoms with Crippen molar-refractivity contribution >= 4 is 29.3 Å². The van der Waals surface area contributed by atoms with Gasteiger partial charge in [0.1, 0.15) is 6.04 Å². The Labute approximate surface area is 187 Å². The first-order valence-electron chi connectivity index (χ1n) is 11.5. The van der Waals surface area contributed by atoms with Gasteiger partial charge in [-0.3, -0.25) is 24.5 Å². The molecule has 3 N–H and O–H groups in total. The van der Waals surface area contributed by atoms with Gasteiger partial charge in [0.2, 0.25) is 17.7 Å². The molecule has 2 saturated heterocycles. The van der Waals surface area contributed by atoms with Crippen LogP contribution >= 0.6 is 0 Å². The van der Waals surface area contributed by atoms with Crippen molar-refractivity contribution in [1.82, 2.24) is 20.4 Å². The number of benzene rings is 1. The predicted molar refractivity (Wildman–Crippen MR) is 119 cm³/mol. The lowest BCUT2D eigenvalue weighted by Crippen LogP contribution is -2.52. The molecule has 4 rings (SSSR count). The molecule has 2 fully saturated rings. The zero-order valence-corrected chi connectivity index (χ0v) is 18.3. The van der Waals surface area contributed by atoms with E-state index in [4.69, 9.17) is 0 Å². The van der Waals surface area contributed by atoms with Crippen LogP contribution in [-0.2, 0) is 20.9 Å². The minimum Gasteiger partial charge on any atom is -0.326 e. The molecule has 0 spiro atoms. The Morgan fingerprint density at radius 1 is 1.09 bits per heavy atom. The number of carbonyl (C=O) groups excluding carboxylic acids is 4. The molecule has 3 heterocycles. The first kappa shape index (κ1) is 22.4. The van der Waals surface area contributed by atoms with Crippen LogP contribution in [0.3, 0.4) is 0 Å². The summed E-state index contributed by atoms with van der Waals surface area (Å²) in [7, 11) is 0. The Bertz CT molecular complexity index is 896. The highest BCUT2D eigenvalue weighted by atomic mass is 16.2. The smallest absolute Gasteiger partial charge is 0.255 e. The number of nitrogens with zero attached hydrogens (tertiary/aromatic N) is 2. The second-order valence-electron chi connectivity index (χ2n) is 8.68. The van der Waals surface area contributed by atoms with E-state index < -0.39 is 11.9 Å². The van der Waals surface area contributed by atoms with Crippen LogP contribution in [-0.4, -0.2) is 72.2 Å². The first-order valence-corrected chi connectivity index (χ1v) is 11.5. The monoisotopic (exact) mass is 441 g/mol. The number of anilines is 1. The van der Waals surface area contributed by atoms with Crippen LogP contribution in [0.2, 0.25) is 0 Å². The number of nitrogens with one attached hydrogen (secondary N) is 3. The number of rotatable bonds is 8. The number of hydrogen-bond acceptors (Lipinski definition) is 6. The summed E-state index contributed by atoms with van der Waals surface area (Å²) >= 11 is 0. The molecule has 32 heavy (non-hydrogen) atoms. The molecule has 1 aromatic carbocycles. The number of hydrogen-bond donors (Lipinski definition) is 3. The van der Waals surface area contributed by atoms with Crippen molar-refractivity contribution in [2.45, 2.75) is 51.1 Å². The molecule has 3 aliphatic heterocycles. The molecule has 3 aliphatic rings. The van der Waals surface area contributed by atoms with Crippen LogP contribution in [0.4, 0.5) is 5.69 Å². The van der Waals surface area contributed by atoms with Gasteiger partial charge in [0, 0.05) is 62.4 Å². The fourth-order valence-corrected chi connectivity index (χ4v) is 4.65. The van der Waals surface area contributed by atoms with E-state index in [-0.39, 0.29) is 30.7 Å². The maximum atomic E-state index is 12.9. The van der Waals surface area contributed by atoms with E-state index in [9.17, 15) is 19.2 Å². The summed E-state index contributed by atoms with van der Waals surface area (Å²) in [5.41, 5.74) is 1.86.